The molecule has 0 aliphatic heterocycles. The van der Waals surface area contributed by atoms with Crippen molar-refractivity contribution < 1.29 is 13.7 Å². The van der Waals surface area contributed by atoms with Gasteiger partial charge in [0.15, 0.2) is 18.6 Å². The van der Waals surface area contributed by atoms with Crippen LogP contribution in [0.2, 0.25) is 0 Å². The van der Waals surface area contributed by atoms with E-state index in [9.17, 15) is 0 Å². The van der Waals surface area contributed by atoms with E-state index in [2.05, 4.69) is 309 Å². The number of fused-ring (bicyclic) bond motifs is 3. The Labute approximate surface area is 592 Å². The van der Waals surface area contributed by atoms with Gasteiger partial charge in [0.1, 0.15) is 21.1 Å². The molecule has 0 unspecified atom stereocenters. The molecule has 0 amide bonds. The fourth-order valence-corrected chi connectivity index (χ4v) is 18.1. The third kappa shape index (κ3) is 14.6. The second-order valence-electron chi connectivity index (χ2n) is 31.8. The van der Waals surface area contributed by atoms with Crippen molar-refractivity contribution in [2.24, 2.45) is 32.0 Å². The Morgan fingerprint density at radius 2 is 0.576 bits per heavy atom. The third-order valence-corrected chi connectivity index (χ3v) is 24.3. The van der Waals surface area contributed by atoms with E-state index in [4.69, 9.17) is 0 Å². The van der Waals surface area contributed by atoms with Crippen molar-refractivity contribution in [1.29, 1.82) is 0 Å². The Morgan fingerprint density at radius 3 is 0.919 bits per heavy atom. The summed E-state index contributed by atoms with van der Waals surface area (Å²) in [5.41, 5.74) is 29.2. The molecule has 1 spiro atoms. The largest absolute Gasteiger partial charge is 0.213 e. The highest BCUT2D eigenvalue weighted by molar-refractivity contribution is 5.91. The van der Waals surface area contributed by atoms with Crippen molar-refractivity contribution in [1.82, 2.24) is 0 Å². The van der Waals surface area contributed by atoms with Gasteiger partial charge in [-0.3, -0.25) is 0 Å². The summed E-state index contributed by atoms with van der Waals surface area (Å²) in [6.07, 6.45) is 30.5. The standard InChI is InChI=1S/C34H38N.C32H36N.C30H32N/c1-24-8-4-5-9-31(24)33-22-32(25(2)23-35(33)3)30-13-12-28-20-27(10-11-29(28)21-30)26-14-18-34(19-15-26)16-6-7-17-34;1-22-8-6-7-9-29(22)31-20-30(23(2)21-33(31)5)28-13-12-26-18-25(10-11-27(26)19-28)24-14-16-32(3,4)17-15-24;1-21-9-7-8-12-28(21)30-19-29(22(2)20-31(30)3)27-16-15-25-17-24(13-14-26(25)18-27)23-10-5-4-6-11-23/h4-5,8-13,20-23,26H,6-7,14-19H2,1-3H3;6-13,18-21,24H,14-17H2,1-5H3;7-9,12-20,23H,4-6,10-11H2,1-3H3/q3*+1. The lowest BCUT2D eigenvalue weighted by atomic mass is 9.68. The summed E-state index contributed by atoms with van der Waals surface area (Å²) in [5, 5.41) is 8.12. The minimum Gasteiger partial charge on any atom is -0.201 e. The van der Waals surface area contributed by atoms with Gasteiger partial charge in [0.05, 0.1) is 0 Å². The van der Waals surface area contributed by atoms with Gasteiger partial charge in [-0.25, -0.2) is 13.7 Å². The van der Waals surface area contributed by atoms with E-state index < -0.39 is 0 Å². The smallest absolute Gasteiger partial charge is 0.201 e. The molecule has 3 heterocycles. The topological polar surface area (TPSA) is 11.6 Å². The summed E-state index contributed by atoms with van der Waals surface area (Å²) in [6.45, 7) is 18.1. The predicted molar refractivity (Wildman–Crippen MR) is 419 cm³/mol. The highest BCUT2D eigenvalue weighted by Crippen LogP contribution is 2.53. The van der Waals surface area contributed by atoms with E-state index in [1.54, 1.807) is 5.56 Å². The van der Waals surface area contributed by atoms with E-state index in [0.717, 1.165) is 17.8 Å². The zero-order valence-corrected chi connectivity index (χ0v) is 61.4. The highest BCUT2D eigenvalue weighted by atomic mass is 14.9. The molecule has 0 radical (unpaired) electrons. The van der Waals surface area contributed by atoms with Crippen molar-refractivity contribution in [3.63, 3.8) is 0 Å². The Hall–Kier alpha value is -8.79. The Bertz CT molecular complexity index is 4930. The summed E-state index contributed by atoms with van der Waals surface area (Å²) in [4.78, 5) is 0. The van der Waals surface area contributed by atoms with Crippen LogP contribution >= 0.6 is 0 Å². The van der Waals surface area contributed by atoms with Crippen molar-refractivity contribution in [3.05, 3.63) is 269 Å². The zero-order valence-electron chi connectivity index (χ0n) is 61.4. The Kier molecular flexibility index (Phi) is 19.6. The number of aromatic nitrogens is 3. The second kappa shape index (κ2) is 28.8. The van der Waals surface area contributed by atoms with Gasteiger partial charge in [-0.05, 0) is 283 Å². The lowest BCUT2D eigenvalue weighted by molar-refractivity contribution is -0.660. The normalized spacial score (nSPS) is 16.9. The first-order chi connectivity index (χ1) is 47.9. The summed E-state index contributed by atoms with van der Waals surface area (Å²) < 4.78 is 6.76. The second-order valence-corrected chi connectivity index (χ2v) is 31.8. The molecule has 0 bridgehead atoms. The number of benzene rings is 9. The van der Waals surface area contributed by atoms with Crippen LogP contribution in [0.1, 0.15) is 191 Å². The number of pyridine rings is 3. The van der Waals surface area contributed by atoms with Gasteiger partial charge >= 0.3 is 0 Å². The van der Waals surface area contributed by atoms with Crippen LogP contribution < -0.4 is 13.7 Å². The van der Waals surface area contributed by atoms with Crippen LogP contribution in [0.3, 0.4) is 0 Å². The fourth-order valence-electron chi connectivity index (χ4n) is 18.1. The number of rotatable bonds is 9. The number of hydrogen-bond acceptors (Lipinski definition) is 0. The van der Waals surface area contributed by atoms with Gasteiger partial charge in [-0.15, -0.1) is 0 Å². The summed E-state index contributed by atoms with van der Waals surface area (Å²) in [6, 6.07) is 75.7. The molecule has 4 fully saturated rings. The van der Waals surface area contributed by atoms with Crippen LogP contribution in [-0.2, 0) is 21.1 Å². The average Bonchev–Trinajstić information content (AvgIpc) is 1.11. The molecule has 502 valence electrons. The Balaban J connectivity index is 0.000000127. The van der Waals surface area contributed by atoms with Gasteiger partial charge in [0, 0.05) is 51.6 Å². The van der Waals surface area contributed by atoms with Crippen LogP contribution in [0, 0.1) is 52.4 Å². The van der Waals surface area contributed by atoms with Crippen LogP contribution in [0.5, 0.6) is 0 Å². The van der Waals surface area contributed by atoms with Crippen LogP contribution in [0.15, 0.2) is 219 Å². The summed E-state index contributed by atoms with van der Waals surface area (Å²) in [7, 11) is 6.44. The molecular weight excluding hydrogens is 1200 g/mol. The van der Waals surface area contributed by atoms with Gasteiger partial charge in [0.2, 0.25) is 17.1 Å². The zero-order chi connectivity index (χ0) is 68.5. The molecule has 12 aromatic rings. The molecule has 3 nitrogen and oxygen atoms in total. The molecule has 16 rings (SSSR count). The van der Waals surface area contributed by atoms with Gasteiger partial charge in [0.25, 0.3) is 0 Å². The molecule has 99 heavy (non-hydrogen) atoms. The van der Waals surface area contributed by atoms with Crippen LogP contribution in [0.25, 0.3) is 99.5 Å². The lowest BCUT2D eigenvalue weighted by Gasteiger charge is -2.37. The van der Waals surface area contributed by atoms with Gasteiger partial charge in [-0.2, -0.15) is 0 Å². The van der Waals surface area contributed by atoms with E-state index >= 15 is 0 Å². The molecule has 0 N–H and O–H groups in total. The molecular formula is C96H106N3+3. The first-order valence-corrected chi connectivity index (χ1v) is 37.7. The summed E-state index contributed by atoms with van der Waals surface area (Å²) in [5.74, 6) is 2.22. The number of hydrogen-bond donors (Lipinski definition) is 0. The highest BCUT2D eigenvalue weighted by Gasteiger charge is 2.38. The van der Waals surface area contributed by atoms with E-state index in [1.165, 1.54) is 253 Å². The first-order valence-electron chi connectivity index (χ1n) is 37.7. The number of aryl methyl sites for hydroxylation is 9. The predicted octanol–water partition coefficient (Wildman–Crippen LogP) is 24.8. The van der Waals surface area contributed by atoms with E-state index in [0.29, 0.717) is 10.8 Å². The minimum absolute atomic E-state index is 0.517. The monoisotopic (exact) mass is 1300 g/mol. The number of nitrogens with zero attached hydrogens (tertiary/aromatic N) is 3. The van der Waals surface area contributed by atoms with Crippen molar-refractivity contribution in [3.8, 4) is 67.2 Å². The Morgan fingerprint density at radius 1 is 0.273 bits per heavy atom. The van der Waals surface area contributed by atoms with E-state index in [-0.39, 0.29) is 0 Å². The molecule has 9 aromatic carbocycles. The van der Waals surface area contributed by atoms with Gasteiger partial charge < -0.3 is 0 Å². The van der Waals surface area contributed by atoms with Crippen molar-refractivity contribution in [2.45, 2.75) is 182 Å². The van der Waals surface area contributed by atoms with Crippen molar-refractivity contribution in [2.75, 3.05) is 0 Å². The average molecular weight is 1300 g/mol. The molecule has 0 saturated heterocycles. The third-order valence-electron chi connectivity index (χ3n) is 24.3. The van der Waals surface area contributed by atoms with Crippen LogP contribution in [-0.4, -0.2) is 0 Å². The summed E-state index contributed by atoms with van der Waals surface area (Å²) >= 11 is 0. The lowest BCUT2D eigenvalue weighted by Crippen LogP contribution is -2.31. The molecule has 0 atom stereocenters. The first kappa shape index (κ1) is 67.4. The van der Waals surface area contributed by atoms with Gasteiger partial charge in [-0.1, -0.05) is 192 Å². The van der Waals surface area contributed by atoms with E-state index in [1.807, 2.05) is 0 Å². The maximum Gasteiger partial charge on any atom is 0.213 e. The van der Waals surface area contributed by atoms with Crippen molar-refractivity contribution >= 4 is 32.3 Å². The molecule has 3 aromatic heterocycles. The molecule has 4 saturated carbocycles. The molecule has 4 aliphatic carbocycles. The maximum atomic E-state index is 2.48. The van der Waals surface area contributed by atoms with Crippen LogP contribution in [0.4, 0.5) is 0 Å². The fraction of sp³-hybridized carbons (Fsp3) is 0.344. The maximum absolute atomic E-state index is 2.48. The quantitative estimate of drug-likeness (QED) is 0.128. The minimum atomic E-state index is 0.517. The molecule has 3 heteroatoms. The molecule has 4 aliphatic rings. The SMILES string of the molecule is Cc1c[n+](C)c(-c2ccccc2C)cc1-c1ccc2cc(C3CCC(C)(C)CC3)ccc2c1.Cc1c[n+](C)c(-c2ccccc2C)cc1-c1ccc2cc(C3CCC4(CCCC4)CC3)ccc2c1.Cc1c[n+](C)c(-c2ccccc2C)cc1-c1ccc2cc(C3CCCCC3)ccc2c1.